The molecule has 1 aromatic rings. The molecule has 1 heterocycles. The quantitative estimate of drug-likeness (QED) is 0.486. The summed E-state index contributed by atoms with van der Waals surface area (Å²) < 4.78 is 24.4. The summed E-state index contributed by atoms with van der Waals surface area (Å²) in [4.78, 5) is 13.4. The molecule has 4 atom stereocenters. The topological polar surface area (TPSA) is 54.0 Å². The molecule has 4 unspecified atom stereocenters. The molecule has 1 saturated heterocycles. The Morgan fingerprint density at radius 3 is 2.53 bits per heavy atom. The second-order valence-corrected chi connectivity index (χ2v) is 10.2. The predicted molar refractivity (Wildman–Crippen MR) is 133 cm³/mol. The number of allylic oxidation sites excluding steroid dienone is 2. The van der Waals surface area contributed by atoms with Crippen LogP contribution < -0.4 is 0 Å². The van der Waals surface area contributed by atoms with Crippen molar-refractivity contribution in [3.05, 3.63) is 59.7 Å². The lowest BCUT2D eigenvalue weighted by molar-refractivity contribution is -0.191. The second-order valence-electron chi connectivity index (χ2n) is 10.2. The van der Waals surface area contributed by atoms with Gasteiger partial charge in [0.25, 0.3) is 0 Å². The van der Waals surface area contributed by atoms with E-state index in [-0.39, 0.29) is 47.8 Å². The van der Waals surface area contributed by atoms with Crippen LogP contribution in [0.4, 0.5) is 0 Å². The van der Waals surface area contributed by atoms with Gasteiger partial charge in [-0.05, 0) is 58.1 Å². The first-order valence-corrected chi connectivity index (χ1v) is 12.9. The highest BCUT2D eigenvalue weighted by molar-refractivity contribution is 6.00. The molecule has 5 heteroatoms. The van der Waals surface area contributed by atoms with Crippen LogP contribution in [-0.2, 0) is 23.7 Å². The van der Waals surface area contributed by atoms with Crippen LogP contribution >= 0.6 is 0 Å². The Hall–Kier alpha value is -1.79. The van der Waals surface area contributed by atoms with Crippen molar-refractivity contribution in [2.75, 3.05) is 13.7 Å². The molecular formula is C29H40O5. The molecule has 2 fully saturated rings. The minimum Gasteiger partial charge on any atom is -0.378 e. The summed E-state index contributed by atoms with van der Waals surface area (Å²) in [6, 6.07) is 10.5. The summed E-state index contributed by atoms with van der Waals surface area (Å²) in [5.41, 5.74) is 1.75. The smallest absolute Gasteiger partial charge is 0.165 e. The van der Waals surface area contributed by atoms with E-state index in [0.29, 0.717) is 6.61 Å². The minimum absolute atomic E-state index is 0.0212. The molecule has 0 amide bonds. The predicted octanol–water partition coefficient (Wildman–Crippen LogP) is 5.75. The number of carbonyl (C=O) groups excluding carboxylic acids is 1. The molecule has 3 aliphatic rings. The zero-order valence-electron chi connectivity index (χ0n) is 21.1. The number of ether oxygens (including phenoxy) is 4. The fraction of sp³-hybridized carbons (Fsp3) is 0.621. The van der Waals surface area contributed by atoms with Gasteiger partial charge in [0.15, 0.2) is 5.78 Å². The average molecular weight is 469 g/mol. The van der Waals surface area contributed by atoms with Gasteiger partial charge in [-0.3, -0.25) is 4.79 Å². The second kappa shape index (κ2) is 11.3. The molecule has 1 spiro atoms. The van der Waals surface area contributed by atoms with Crippen molar-refractivity contribution in [2.24, 2.45) is 5.92 Å². The lowest BCUT2D eigenvalue weighted by atomic mass is 9.71. The third kappa shape index (κ3) is 5.88. The van der Waals surface area contributed by atoms with E-state index in [1.807, 2.05) is 38.1 Å². The van der Waals surface area contributed by atoms with Gasteiger partial charge >= 0.3 is 0 Å². The highest BCUT2D eigenvalue weighted by Crippen LogP contribution is 2.47. The summed E-state index contributed by atoms with van der Waals surface area (Å²) in [6.07, 6.45) is 11.0. The number of ketones is 1. The third-order valence-electron chi connectivity index (χ3n) is 7.43. The molecule has 2 aliphatic carbocycles. The van der Waals surface area contributed by atoms with E-state index in [9.17, 15) is 4.79 Å². The number of hydrogen-bond acceptors (Lipinski definition) is 5. The highest BCUT2D eigenvalue weighted by Gasteiger charge is 2.46. The Morgan fingerprint density at radius 2 is 1.88 bits per heavy atom. The molecule has 0 N–H and O–H groups in total. The number of carbonyl (C=O) groups is 1. The summed E-state index contributed by atoms with van der Waals surface area (Å²) in [5, 5.41) is 0. The fourth-order valence-electron chi connectivity index (χ4n) is 5.77. The van der Waals surface area contributed by atoms with Gasteiger partial charge in [0.05, 0.1) is 23.9 Å². The molecule has 34 heavy (non-hydrogen) atoms. The van der Waals surface area contributed by atoms with E-state index in [0.717, 1.165) is 44.1 Å². The van der Waals surface area contributed by atoms with Gasteiger partial charge in [-0.2, -0.15) is 0 Å². The zero-order valence-corrected chi connectivity index (χ0v) is 21.1. The van der Waals surface area contributed by atoms with E-state index in [2.05, 4.69) is 31.2 Å². The van der Waals surface area contributed by atoms with Gasteiger partial charge in [0.1, 0.15) is 12.2 Å². The van der Waals surface area contributed by atoms with Crippen molar-refractivity contribution in [3.8, 4) is 0 Å². The van der Waals surface area contributed by atoms with Crippen LogP contribution in [0.3, 0.4) is 0 Å². The Balaban J connectivity index is 1.42. The maximum absolute atomic E-state index is 13.4. The van der Waals surface area contributed by atoms with E-state index in [1.54, 1.807) is 7.11 Å². The fourth-order valence-corrected chi connectivity index (χ4v) is 5.77. The van der Waals surface area contributed by atoms with Gasteiger partial charge in [-0.25, -0.2) is 0 Å². The lowest BCUT2D eigenvalue weighted by Gasteiger charge is -2.48. The number of benzene rings is 1. The van der Waals surface area contributed by atoms with Gasteiger partial charge in [0.2, 0.25) is 0 Å². The van der Waals surface area contributed by atoms with E-state index < -0.39 is 0 Å². The largest absolute Gasteiger partial charge is 0.378 e. The first-order chi connectivity index (χ1) is 16.4. The Kier molecular flexibility index (Phi) is 8.41. The third-order valence-corrected chi connectivity index (χ3v) is 7.43. The molecule has 1 aliphatic heterocycles. The standard InChI is InChI=1S/C29H40O5/c1-5-32-24-18-26(21-9-7-6-8-10-21)34-29(19-24)15-13-22(14-16-29)28(30)23-11-12-25(33-20(2)3)27(17-23)31-4/h6-12,17,20,22,24-27H,5,13-16,18-19H2,1-4H3. The Labute approximate surface area is 204 Å². The molecule has 1 saturated carbocycles. The van der Waals surface area contributed by atoms with Crippen molar-refractivity contribution < 1.29 is 23.7 Å². The molecule has 5 nitrogen and oxygen atoms in total. The summed E-state index contributed by atoms with van der Waals surface area (Å²) in [7, 11) is 1.67. The van der Waals surface area contributed by atoms with Crippen LogP contribution in [0.2, 0.25) is 0 Å². The highest BCUT2D eigenvalue weighted by atomic mass is 16.5. The number of methoxy groups -OCH3 is 1. The SMILES string of the molecule is CCOC1CC(c2ccccc2)OC2(CCC(C(=O)C3=CC(OC)C(OC(C)C)C=C3)CC2)C1. The lowest BCUT2D eigenvalue weighted by Crippen LogP contribution is -2.47. The maximum Gasteiger partial charge on any atom is 0.165 e. The Bertz CT molecular complexity index is 866. The van der Waals surface area contributed by atoms with E-state index in [1.165, 1.54) is 5.56 Å². The van der Waals surface area contributed by atoms with E-state index >= 15 is 0 Å². The monoisotopic (exact) mass is 468 g/mol. The van der Waals surface area contributed by atoms with Crippen molar-refractivity contribution in [3.63, 3.8) is 0 Å². The number of Topliss-reactive ketones (excluding diaryl/α,β-unsaturated/α-hetero) is 1. The molecule has 0 bridgehead atoms. The normalized spacial score (nSPS) is 33.8. The number of rotatable bonds is 8. The van der Waals surface area contributed by atoms with Crippen molar-refractivity contribution in [1.82, 2.24) is 0 Å². The van der Waals surface area contributed by atoms with Crippen LogP contribution in [0.1, 0.15) is 71.0 Å². The average Bonchev–Trinajstić information content (AvgIpc) is 2.84. The van der Waals surface area contributed by atoms with Gasteiger partial charge in [-0.1, -0.05) is 42.5 Å². The van der Waals surface area contributed by atoms with Crippen LogP contribution in [0.15, 0.2) is 54.1 Å². The van der Waals surface area contributed by atoms with Crippen LogP contribution in [-0.4, -0.2) is 49.5 Å². The summed E-state index contributed by atoms with van der Waals surface area (Å²) in [5.74, 6) is 0.237. The van der Waals surface area contributed by atoms with E-state index in [4.69, 9.17) is 18.9 Å². The van der Waals surface area contributed by atoms with Gasteiger partial charge in [-0.15, -0.1) is 0 Å². The first kappa shape index (κ1) is 25.3. The number of hydrogen-bond donors (Lipinski definition) is 0. The Morgan fingerprint density at radius 1 is 1.15 bits per heavy atom. The zero-order chi connectivity index (χ0) is 24.1. The molecule has 0 radical (unpaired) electrons. The van der Waals surface area contributed by atoms with Crippen LogP contribution in [0.5, 0.6) is 0 Å². The van der Waals surface area contributed by atoms with Crippen LogP contribution in [0, 0.1) is 5.92 Å². The molecule has 1 aromatic carbocycles. The maximum atomic E-state index is 13.4. The van der Waals surface area contributed by atoms with Crippen molar-refractivity contribution in [1.29, 1.82) is 0 Å². The minimum atomic E-state index is -0.235. The first-order valence-electron chi connectivity index (χ1n) is 12.9. The van der Waals surface area contributed by atoms with Gasteiger partial charge < -0.3 is 18.9 Å². The van der Waals surface area contributed by atoms with Gasteiger partial charge in [0, 0.05) is 38.0 Å². The van der Waals surface area contributed by atoms with Crippen molar-refractivity contribution in [2.45, 2.75) is 95.4 Å². The van der Waals surface area contributed by atoms with Crippen molar-refractivity contribution >= 4 is 5.78 Å². The summed E-state index contributed by atoms with van der Waals surface area (Å²) in [6.45, 7) is 6.79. The van der Waals surface area contributed by atoms with Crippen LogP contribution in [0.25, 0.3) is 0 Å². The molecular weight excluding hydrogens is 428 g/mol. The summed E-state index contributed by atoms with van der Waals surface area (Å²) >= 11 is 0. The molecule has 186 valence electrons. The molecule has 4 rings (SSSR count). The molecule has 0 aromatic heterocycles.